The van der Waals surface area contributed by atoms with E-state index in [9.17, 15) is 19.6 Å². The molecule has 0 aliphatic carbocycles. The summed E-state index contributed by atoms with van der Waals surface area (Å²) in [5.74, 6) is -0.258. The molecule has 0 amide bonds. The largest absolute Gasteiger partial charge is 0.493 e. The number of anilines is 1. The molecule has 1 N–H and O–H groups in total. The molecule has 4 heterocycles. The highest BCUT2D eigenvalue weighted by Crippen LogP contribution is 2.38. The Morgan fingerprint density at radius 1 is 1.40 bits per heavy atom. The topological polar surface area (TPSA) is 110 Å². The minimum absolute atomic E-state index is 0.134. The molecule has 0 aromatic carbocycles. The molecule has 1 saturated heterocycles. The van der Waals surface area contributed by atoms with Crippen LogP contribution in [0.2, 0.25) is 0 Å². The van der Waals surface area contributed by atoms with Crippen LogP contribution in [0.3, 0.4) is 0 Å². The van der Waals surface area contributed by atoms with Crippen LogP contribution in [-0.2, 0) is 0 Å². The highest BCUT2D eigenvalue weighted by Gasteiger charge is 2.31. The third-order valence-corrected chi connectivity index (χ3v) is 4.30. The van der Waals surface area contributed by atoms with Crippen molar-refractivity contribution in [2.45, 2.75) is 18.9 Å². The Hall–Kier alpha value is -3.30. The lowest BCUT2D eigenvalue weighted by molar-refractivity contribution is -0.383. The van der Waals surface area contributed by atoms with Gasteiger partial charge in [0, 0.05) is 18.3 Å². The molecule has 9 nitrogen and oxygen atoms in total. The number of aromatic nitrogens is 4. The summed E-state index contributed by atoms with van der Waals surface area (Å²) in [7, 11) is 0. The Kier molecular flexibility index (Phi) is 3.45. The summed E-state index contributed by atoms with van der Waals surface area (Å²) in [6, 6.07) is 2.64. The second-order valence-electron chi connectivity index (χ2n) is 5.76. The van der Waals surface area contributed by atoms with E-state index in [1.807, 2.05) is 4.90 Å². The summed E-state index contributed by atoms with van der Waals surface area (Å²) < 4.78 is 14.9. The summed E-state index contributed by atoms with van der Waals surface area (Å²) in [6.07, 6.45) is 5.19. The predicted octanol–water partition coefficient (Wildman–Crippen LogP) is 2.22. The number of rotatable bonds is 3. The van der Waals surface area contributed by atoms with Crippen LogP contribution >= 0.6 is 0 Å². The molecular weight excluding hydrogens is 331 g/mol. The molecule has 128 valence electrons. The zero-order valence-corrected chi connectivity index (χ0v) is 12.9. The first kappa shape index (κ1) is 15.2. The van der Waals surface area contributed by atoms with Gasteiger partial charge in [0.15, 0.2) is 0 Å². The SMILES string of the molecule is O=[N+]([O-])c1cnn2ccc(N3CCC[C@@H]3c3cc(F)cnc3O)nc12. The molecule has 3 aromatic heterocycles. The van der Waals surface area contributed by atoms with Crippen molar-refractivity contribution in [3.8, 4) is 5.88 Å². The van der Waals surface area contributed by atoms with Crippen molar-refractivity contribution in [3.63, 3.8) is 0 Å². The van der Waals surface area contributed by atoms with Crippen molar-refractivity contribution >= 4 is 17.2 Å². The van der Waals surface area contributed by atoms with Crippen LogP contribution in [0.5, 0.6) is 5.88 Å². The van der Waals surface area contributed by atoms with E-state index in [1.54, 1.807) is 12.3 Å². The van der Waals surface area contributed by atoms with Crippen LogP contribution in [0.15, 0.2) is 30.7 Å². The molecular formula is C15H13FN6O3. The fourth-order valence-electron chi connectivity index (χ4n) is 3.19. The van der Waals surface area contributed by atoms with Gasteiger partial charge in [0.25, 0.3) is 0 Å². The summed E-state index contributed by atoms with van der Waals surface area (Å²) in [6.45, 7) is 0.631. The molecule has 0 unspecified atom stereocenters. The fraction of sp³-hybridized carbons (Fsp3) is 0.267. The van der Waals surface area contributed by atoms with Gasteiger partial charge >= 0.3 is 5.69 Å². The van der Waals surface area contributed by atoms with Crippen molar-refractivity contribution in [1.82, 2.24) is 19.6 Å². The zero-order chi connectivity index (χ0) is 17.6. The van der Waals surface area contributed by atoms with Gasteiger partial charge in [0.1, 0.15) is 17.8 Å². The maximum absolute atomic E-state index is 13.5. The van der Waals surface area contributed by atoms with E-state index in [2.05, 4.69) is 15.1 Å². The van der Waals surface area contributed by atoms with Crippen molar-refractivity contribution in [2.24, 2.45) is 0 Å². The molecule has 1 aliphatic heterocycles. The summed E-state index contributed by atoms with van der Waals surface area (Å²) in [5.41, 5.74) is 0.324. The lowest BCUT2D eigenvalue weighted by atomic mass is 10.1. The zero-order valence-electron chi connectivity index (χ0n) is 12.9. The Morgan fingerprint density at radius 2 is 2.24 bits per heavy atom. The molecule has 0 spiro atoms. The average Bonchev–Trinajstić information content (AvgIpc) is 3.22. The molecule has 3 aromatic rings. The normalized spacial score (nSPS) is 17.3. The third kappa shape index (κ3) is 2.51. The molecule has 1 fully saturated rings. The summed E-state index contributed by atoms with van der Waals surface area (Å²) in [4.78, 5) is 20.5. The van der Waals surface area contributed by atoms with Gasteiger partial charge < -0.3 is 10.0 Å². The first-order chi connectivity index (χ1) is 12.0. The van der Waals surface area contributed by atoms with Gasteiger partial charge in [-0.05, 0) is 25.0 Å². The Morgan fingerprint density at radius 3 is 3.04 bits per heavy atom. The van der Waals surface area contributed by atoms with Crippen LogP contribution in [0.1, 0.15) is 24.4 Å². The molecule has 0 radical (unpaired) electrons. The van der Waals surface area contributed by atoms with Crippen LogP contribution < -0.4 is 4.90 Å². The van der Waals surface area contributed by atoms with Gasteiger partial charge in [-0.3, -0.25) is 10.1 Å². The maximum atomic E-state index is 13.5. The number of hydrogen-bond acceptors (Lipinski definition) is 7. The molecule has 10 heteroatoms. The van der Waals surface area contributed by atoms with Crippen molar-refractivity contribution in [2.75, 3.05) is 11.4 Å². The molecule has 1 aliphatic rings. The number of hydrogen-bond donors (Lipinski definition) is 1. The van der Waals surface area contributed by atoms with E-state index in [0.717, 1.165) is 18.8 Å². The first-order valence-electron chi connectivity index (χ1n) is 7.64. The van der Waals surface area contributed by atoms with Crippen LogP contribution in [0, 0.1) is 15.9 Å². The Balaban J connectivity index is 1.77. The van der Waals surface area contributed by atoms with E-state index < -0.39 is 10.7 Å². The number of aromatic hydroxyl groups is 1. The standard InChI is InChI=1S/C15H13FN6O3/c16-9-6-10(15(23)17-7-9)11-2-1-4-20(11)13-3-5-21-14(19-13)12(8-18-21)22(24)25/h3,5-8,11H,1-2,4H2,(H,17,23)/t11-/m1/s1. The lowest BCUT2D eigenvalue weighted by Crippen LogP contribution is -2.24. The minimum atomic E-state index is -0.539. The maximum Gasteiger partial charge on any atom is 0.333 e. The monoisotopic (exact) mass is 344 g/mol. The van der Waals surface area contributed by atoms with Gasteiger partial charge in [-0.15, -0.1) is 0 Å². The van der Waals surface area contributed by atoms with Gasteiger partial charge in [0.05, 0.1) is 17.2 Å². The number of pyridine rings is 1. The number of nitrogens with zero attached hydrogens (tertiary/aromatic N) is 6. The van der Waals surface area contributed by atoms with E-state index in [4.69, 9.17) is 0 Å². The minimum Gasteiger partial charge on any atom is -0.493 e. The van der Waals surface area contributed by atoms with Crippen molar-refractivity contribution in [1.29, 1.82) is 0 Å². The predicted molar refractivity (Wildman–Crippen MR) is 84.8 cm³/mol. The number of nitro groups is 1. The average molecular weight is 344 g/mol. The van der Waals surface area contributed by atoms with Crippen LogP contribution in [-0.4, -0.2) is 36.2 Å². The fourth-order valence-corrected chi connectivity index (χ4v) is 3.19. The van der Waals surface area contributed by atoms with Gasteiger partial charge in [-0.2, -0.15) is 5.10 Å². The quantitative estimate of drug-likeness (QED) is 0.573. The molecule has 25 heavy (non-hydrogen) atoms. The van der Waals surface area contributed by atoms with Crippen molar-refractivity contribution < 1.29 is 14.4 Å². The smallest absolute Gasteiger partial charge is 0.333 e. The van der Waals surface area contributed by atoms with E-state index in [0.29, 0.717) is 24.3 Å². The summed E-state index contributed by atoms with van der Waals surface area (Å²) in [5, 5.41) is 25.0. The molecule has 0 bridgehead atoms. The molecule has 1 atom stereocenters. The second kappa shape index (κ2) is 5.65. The highest BCUT2D eigenvalue weighted by molar-refractivity contribution is 5.61. The summed E-state index contributed by atoms with van der Waals surface area (Å²) >= 11 is 0. The van der Waals surface area contributed by atoms with Gasteiger partial charge in [0.2, 0.25) is 11.5 Å². The highest BCUT2D eigenvalue weighted by atomic mass is 19.1. The van der Waals surface area contributed by atoms with Gasteiger partial charge in [-0.1, -0.05) is 0 Å². The van der Waals surface area contributed by atoms with Gasteiger partial charge in [-0.25, -0.2) is 18.9 Å². The lowest BCUT2D eigenvalue weighted by Gasteiger charge is -2.26. The second-order valence-corrected chi connectivity index (χ2v) is 5.76. The van der Waals surface area contributed by atoms with E-state index in [1.165, 1.54) is 10.6 Å². The van der Waals surface area contributed by atoms with E-state index in [-0.39, 0.29) is 23.3 Å². The third-order valence-electron chi connectivity index (χ3n) is 4.30. The Labute approximate surface area is 140 Å². The van der Waals surface area contributed by atoms with Crippen LogP contribution in [0.25, 0.3) is 5.65 Å². The number of halogens is 1. The van der Waals surface area contributed by atoms with E-state index >= 15 is 0 Å². The van der Waals surface area contributed by atoms with Crippen LogP contribution in [0.4, 0.5) is 15.9 Å². The number of fused-ring (bicyclic) bond motifs is 1. The van der Waals surface area contributed by atoms with Crippen molar-refractivity contribution in [3.05, 3.63) is 52.2 Å². The molecule has 4 rings (SSSR count). The first-order valence-corrected chi connectivity index (χ1v) is 7.64. The Bertz CT molecular complexity index is 975. The molecule has 0 saturated carbocycles.